The first kappa shape index (κ1) is 24.5. The first-order valence-electron chi connectivity index (χ1n) is 9.86. The Morgan fingerprint density at radius 3 is 2.61 bits per heavy atom. The maximum atomic E-state index is 15.0. The molecule has 1 heterocycles. The number of anilines is 1. The number of nitrogens with zero attached hydrogens (tertiary/aromatic N) is 1. The fourth-order valence-corrected chi connectivity index (χ4v) is 3.92. The highest BCUT2D eigenvalue weighted by Crippen LogP contribution is 2.33. The van der Waals surface area contributed by atoms with E-state index >= 15 is 0 Å². The number of ether oxygens (including phenoxy) is 1. The number of carbonyl (C=O) groups excluding carboxylic acids is 1. The average Bonchev–Trinajstić information content (AvgIpc) is 2.74. The number of hydrogen-bond acceptors (Lipinski definition) is 6. The first-order chi connectivity index (χ1) is 15.4. The van der Waals surface area contributed by atoms with Gasteiger partial charge in [-0.15, -0.1) is 0 Å². The zero-order chi connectivity index (χ0) is 24.5. The number of fused-ring (bicyclic) bond motifs is 1. The molecule has 0 saturated carbocycles. The van der Waals surface area contributed by atoms with Crippen LogP contribution in [0.15, 0.2) is 39.5 Å². The second-order valence-electron chi connectivity index (χ2n) is 7.50. The van der Waals surface area contributed by atoms with E-state index in [-0.39, 0.29) is 45.3 Å². The van der Waals surface area contributed by atoms with Crippen molar-refractivity contribution in [3.8, 4) is 5.75 Å². The molecule has 0 atom stereocenters. The molecule has 0 aliphatic carbocycles. The lowest BCUT2D eigenvalue weighted by atomic mass is 9.99. The van der Waals surface area contributed by atoms with Crippen molar-refractivity contribution in [3.63, 3.8) is 0 Å². The van der Waals surface area contributed by atoms with Gasteiger partial charge in [0.15, 0.2) is 11.6 Å². The molecule has 33 heavy (non-hydrogen) atoms. The van der Waals surface area contributed by atoms with Gasteiger partial charge in [-0.3, -0.25) is 4.72 Å². The van der Waals surface area contributed by atoms with Crippen molar-refractivity contribution in [2.45, 2.75) is 20.3 Å². The molecule has 3 aromatic rings. The van der Waals surface area contributed by atoms with Crippen LogP contribution in [-0.4, -0.2) is 39.3 Å². The maximum absolute atomic E-state index is 15.0. The number of benzene rings is 2. The largest absolute Gasteiger partial charge is 0.422 e. The average molecular weight is 497 g/mol. The predicted molar refractivity (Wildman–Crippen MR) is 124 cm³/mol. The lowest BCUT2D eigenvalue weighted by Crippen LogP contribution is -2.25. The van der Waals surface area contributed by atoms with E-state index in [1.807, 2.05) is 0 Å². The molecule has 8 nitrogen and oxygen atoms in total. The summed E-state index contributed by atoms with van der Waals surface area (Å²) >= 11 is 6.26. The van der Waals surface area contributed by atoms with Crippen molar-refractivity contribution in [2.24, 2.45) is 0 Å². The summed E-state index contributed by atoms with van der Waals surface area (Å²) in [5.41, 5.74) is 0.0538. The first-order valence-corrected chi connectivity index (χ1v) is 11.9. The van der Waals surface area contributed by atoms with Crippen LogP contribution in [0, 0.1) is 12.7 Å². The van der Waals surface area contributed by atoms with Crippen LogP contribution < -0.4 is 15.1 Å². The minimum absolute atomic E-state index is 0.0279. The smallest absolute Gasteiger partial charge is 0.414 e. The minimum atomic E-state index is -3.68. The summed E-state index contributed by atoms with van der Waals surface area (Å²) in [7, 11) is -0.658. The standard InChI is InChI=1S/C22H22ClFN2O6S/c1-5-33(29,30)25-17-8-6-7-13(20(17)24)9-15-12(2)14-10-16(23)19(32-22(28)26(3)4)11-18(14)31-21(15)27/h6-8,10-11,25H,5,9H2,1-4H3. The molecule has 0 aliphatic heterocycles. The fourth-order valence-electron chi connectivity index (χ4n) is 3.08. The van der Waals surface area contributed by atoms with Crippen molar-refractivity contribution in [1.82, 2.24) is 4.90 Å². The van der Waals surface area contributed by atoms with Crippen molar-refractivity contribution in [2.75, 3.05) is 24.6 Å². The number of aryl methyl sites for hydroxylation is 1. The molecule has 1 amide bonds. The molecule has 1 aromatic heterocycles. The Balaban J connectivity index is 2.03. The molecule has 2 aromatic carbocycles. The highest BCUT2D eigenvalue weighted by molar-refractivity contribution is 7.92. The summed E-state index contributed by atoms with van der Waals surface area (Å²) in [6, 6.07) is 7.10. The number of hydrogen-bond donors (Lipinski definition) is 1. The number of sulfonamides is 1. The van der Waals surface area contributed by atoms with Crippen molar-refractivity contribution < 1.29 is 26.8 Å². The quantitative estimate of drug-likeness (QED) is 0.510. The second-order valence-corrected chi connectivity index (χ2v) is 9.91. The van der Waals surface area contributed by atoms with Gasteiger partial charge in [0.2, 0.25) is 10.0 Å². The number of nitrogens with one attached hydrogen (secondary N) is 1. The Morgan fingerprint density at radius 1 is 1.27 bits per heavy atom. The van der Waals surface area contributed by atoms with Gasteiger partial charge in [0, 0.05) is 37.5 Å². The number of carbonyl (C=O) groups is 1. The summed E-state index contributed by atoms with van der Waals surface area (Å²) in [5, 5.41) is 0.616. The number of halogens is 2. The Labute approximate surface area is 195 Å². The van der Waals surface area contributed by atoms with Crippen LogP contribution in [0.2, 0.25) is 5.02 Å². The number of rotatable bonds is 6. The zero-order valence-corrected chi connectivity index (χ0v) is 19.9. The molecule has 0 aliphatic rings. The van der Waals surface area contributed by atoms with Gasteiger partial charge in [-0.05, 0) is 37.1 Å². The van der Waals surface area contributed by atoms with Gasteiger partial charge in [-0.2, -0.15) is 0 Å². The molecule has 3 rings (SSSR count). The van der Waals surface area contributed by atoms with E-state index in [1.165, 1.54) is 56.3 Å². The van der Waals surface area contributed by atoms with Gasteiger partial charge in [-0.25, -0.2) is 22.4 Å². The van der Waals surface area contributed by atoms with Crippen LogP contribution in [0.5, 0.6) is 5.75 Å². The summed E-state index contributed by atoms with van der Waals surface area (Å²) in [5.74, 6) is -0.964. The third-order valence-electron chi connectivity index (χ3n) is 4.99. The third kappa shape index (κ3) is 5.28. The summed E-state index contributed by atoms with van der Waals surface area (Å²) < 4.78 is 51.4. The molecule has 176 valence electrons. The van der Waals surface area contributed by atoms with Gasteiger partial charge in [-0.1, -0.05) is 23.7 Å². The summed E-state index contributed by atoms with van der Waals surface area (Å²) in [6.45, 7) is 3.10. The van der Waals surface area contributed by atoms with Crippen LogP contribution in [0.4, 0.5) is 14.9 Å². The molecule has 0 saturated heterocycles. The fraction of sp³-hybridized carbons (Fsp3) is 0.273. The topological polar surface area (TPSA) is 106 Å². The minimum Gasteiger partial charge on any atom is -0.422 e. The summed E-state index contributed by atoms with van der Waals surface area (Å²) in [6.07, 6.45) is -0.784. The van der Waals surface area contributed by atoms with Crippen LogP contribution in [0.25, 0.3) is 11.0 Å². The second kappa shape index (κ2) is 9.40. The van der Waals surface area contributed by atoms with E-state index in [0.29, 0.717) is 10.9 Å². The molecule has 0 bridgehead atoms. The third-order valence-corrected chi connectivity index (χ3v) is 6.58. The van der Waals surface area contributed by atoms with E-state index in [2.05, 4.69) is 4.72 Å². The van der Waals surface area contributed by atoms with Gasteiger partial charge >= 0.3 is 11.7 Å². The summed E-state index contributed by atoms with van der Waals surface area (Å²) in [4.78, 5) is 25.8. The lowest BCUT2D eigenvalue weighted by molar-refractivity contribution is 0.172. The predicted octanol–water partition coefficient (Wildman–Crippen LogP) is 4.31. The molecule has 0 radical (unpaired) electrons. The van der Waals surface area contributed by atoms with Crippen molar-refractivity contribution in [1.29, 1.82) is 0 Å². The Bertz CT molecular complexity index is 1400. The Morgan fingerprint density at radius 2 is 1.97 bits per heavy atom. The molecule has 0 fully saturated rings. The SMILES string of the molecule is CCS(=O)(=O)Nc1cccc(Cc2c(C)c3cc(Cl)c(OC(=O)N(C)C)cc3oc2=O)c1F. The normalized spacial score (nSPS) is 11.5. The molecular formula is C22H22ClFN2O6S. The Hall–Kier alpha value is -3.11. The molecule has 1 N–H and O–H groups in total. The van der Waals surface area contributed by atoms with Gasteiger partial charge in [0.05, 0.1) is 16.5 Å². The van der Waals surface area contributed by atoms with Crippen LogP contribution >= 0.6 is 11.6 Å². The van der Waals surface area contributed by atoms with E-state index in [4.69, 9.17) is 20.8 Å². The van der Waals surface area contributed by atoms with E-state index in [0.717, 1.165) is 0 Å². The molecule has 0 unspecified atom stereocenters. The zero-order valence-electron chi connectivity index (χ0n) is 18.4. The monoisotopic (exact) mass is 496 g/mol. The highest BCUT2D eigenvalue weighted by Gasteiger charge is 2.19. The molecule has 0 spiro atoms. The molecular weight excluding hydrogens is 475 g/mol. The Kier molecular flexibility index (Phi) is 6.99. The van der Waals surface area contributed by atoms with E-state index in [1.54, 1.807) is 6.92 Å². The molecule has 11 heteroatoms. The van der Waals surface area contributed by atoms with Crippen LogP contribution in [-0.2, 0) is 16.4 Å². The van der Waals surface area contributed by atoms with Gasteiger partial charge < -0.3 is 14.1 Å². The van der Waals surface area contributed by atoms with Gasteiger partial charge in [0.25, 0.3) is 0 Å². The number of amides is 1. The van der Waals surface area contributed by atoms with E-state index < -0.39 is 27.6 Å². The van der Waals surface area contributed by atoms with Gasteiger partial charge in [0.1, 0.15) is 5.58 Å². The van der Waals surface area contributed by atoms with Crippen LogP contribution in [0.3, 0.4) is 0 Å². The van der Waals surface area contributed by atoms with Crippen molar-refractivity contribution in [3.05, 3.63) is 68.3 Å². The lowest BCUT2D eigenvalue weighted by Gasteiger charge is -2.14. The highest BCUT2D eigenvalue weighted by atomic mass is 35.5. The van der Waals surface area contributed by atoms with Crippen molar-refractivity contribution >= 4 is 44.4 Å². The van der Waals surface area contributed by atoms with E-state index in [9.17, 15) is 22.4 Å². The maximum Gasteiger partial charge on any atom is 0.414 e. The van der Waals surface area contributed by atoms with Crippen LogP contribution in [0.1, 0.15) is 23.6 Å².